The quantitative estimate of drug-likeness (QED) is 0.0989. The van der Waals surface area contributed by atoms with E-state index >= 15 is 0 Å². The number of hydrazine groups is 1. The van der Waals surface area contributed by atoms with Crippen molar-refractivity contribution in [2.75, 3.05) is 19.6 Å². The normalized spacial score (nSPS) is 16.1. The number of ether oxygens (including phenoxy) is 1. The van der Waals surface area contributed by atoms with E-state index in [0.717, 1.165) is 16.6 Å². The van der Waals surface area contributed by atoms with Crippen LogP contribution in [0, 0.1) is 13.8 Å². The van der Waals surface area contributed by atoms with Crippen LogP contribution in [-0.4, -0.2) is 55.6 Å². The second-order valence-corrected chi connectivity index (χ2v) is 12.1. The molecule has 2 aromatic carbocycles. The van der Waals surface area contributed by atoms with Gasteiger partial charge in [-0.05, 0) is 62.9 Å². The lowest BCUT2D eigenvalue weighted by Crippen LogP contribution is -2.46. The molecule has 1 fully saturated rings. The number of nitrogens with zero attached hydrogens (tertiary/aromatic N) is 3. The third-order valence-electron chi connectivity index (χ3n) is 6.68. The molecule has 0 aliphatic carbocycles. The Kier molecular flexibility index (Phi) is 9.85. The van der Waals surface area contributed by atoms with E-state index in [1.165, 1.54) is 22.8 Å². The fourth-order valence-corrected chi connectivity index (χ4v) is 7.28. The van der Waals surface area contributed by atoms with Gasteiger partial charge in [0.15, 0.2) is 0 Å². The molecule has 1 saturated heterocycles. The van der Waals surface area contributed by atoms with E-state index in [-0.39, 0.29) is 34.0 Å². The van der Waals surface area contributed by atoms with Gasteiger partial charge in [-0.1, -0.05) is 35.3 Å². The number of nitrogens with one attached hydrogen (secondary N) is 2. The van der Waals surface area contributed by atoms with Crippen molar-refractivity contribution in [3.8, 4) is 5.75 Å². The van der Waals surface area contributed by atoms with Crippen molar-refractivity contribution in [3.05, 3.63) is 63.3 Å². The maximum Gasteiger partial charge on any atom is 0.245 e. The molecule has 2 heterocycles. The summed E-state index contributed by atoms with van der Waals surface area (Å²) in [6.45, 7) is 4.88. The molecule has 13 heteroatoms. The zero-order valence-corrected chi connectivity index (χ0v) is 24.6. The van der Waals surface area contributed by atoms with Crippen molar-refractivity contribution in [2.45, 2.75) is 50.7 Å². The number of hydrogen-bond donors (Lipinski definition) is 3. The average molecular weight is 608 g/mol. The first-order chi connectivity index (χ1) is 19.1. The molecular formula is C27H32Cl2N6O4S. The Balaban J connectivity index is 1.53. The highest BCUT2D eigenvalue weighted by Gasteiger charge is 2.40. The molecule has 1 atom stereocenters. The highest BCUT2D eigenvalue weighted by Crippen LogP contribution is 2.36. The van der Waals surface area contributed by atoms with Crippen LogP contribution in [0.5, 0.6) is 5.75 Å². The first-order valence-electron chi connectivity index (χ1n) is 12.9. The van der Waals surface area contributed by atoms with E-state index in [9.17, 15) is 13.2 Å². The smallest absolute Gasteiger partial charge is 0.245 e. The number of sulfonamides is 1. The van der Waals surface area contributed by atoms with Crippen molar-refractivity contribution in [1.82, 2.24) is 20.0 Å². The number of rotatable bonds is 11. The highest BCUT2D eigenvalue weighted by atomic mass is 35.5. The van der Waals surface area contributed by atoms with Crippen LogP contribution in [-0.2, 0) is 21.4 Å². The molecule has 3 aromatic rings. The Labute approximate surface area is 243 Å². The summed E-state index contributed by atoms with van der Waals surface area (Å²) in [5, 5.41) is 3.99. The number of para-hydroxylation sites is 1. The SMILES string of the molecule is Cc1cc(C)c2cccc(OCc3c(Cl)ccc(S(=O)(=O)N4CCC[C@H]4C(=O)NCCCN=CNN)c3Cl)c2n1. The maximum absolute atomic E-state index is 13.7. The Bertz CT molecular complexity index is 1530. The molecule has 1 aromatic heterocycles. The van der Waals surface area contributed by atoms with Crippen LogP contribution >= 0.6 is 23.2 Å². The van der Waals surface area contributed by atoms with Gasteiger partial charge in [0.1, 0.15) is 28.8 Å². The Morgan fingerprint density at radius 2 is 2.08 bits per heavy atom. The molecule has 40 heavy (non-hydrogen) atoms. The van der Waals surface area contributed by atoms with E-state index in [0.29, 0.717) is 49.2 Å². The minimum atomic E-state index is -4.11. The zero-order chi connectivity index (χ0) is 28.9. The van der Waals surface area contributed by atoms with Gasteiger partial charge in [0.05, 0.1) is 11.4 Å². The van der Waals surface area contributed by atoms with Gasteiger partial charge in [-0.15, -0.1) is 0 Å². The first kappa shape index (κ1) is 30.0. The minimum absolute atomic E-state index is 0.0366. The number of pyridine rings is 1. The predicted octanol–water partition coefficient (Wildman–Crippen LogP) is 3.89. The number of amides is 1. The molecule has 0 spiro atoms. The molecule has 0 unspecified atom stereocenters. The number of nitrogens with two attached hydrogens (primary N) is 1. The summed E-state index contributed by atoms with van der Waals surface area (Å²) in [6, 6.07) is 9.64. The fraction of sp³-hybridized carbons (Fsp3) is 0.370. The minimum Gasteiger partial charge on any atom is -0.487 e. The van der Waals surface area contributed by atoms with Gasteiger partial charge in [0.25, 0.3) is 0 Å². The number of aliphatic imine (C=N–C) groups is 1. The van der Waals surface area contributed by atoms with Crippen molar-refractivity contribution in [3.63, 3.8) is 0 Å². The van der Waals surface area contributed by atoms with Gasteiger partial charge >= 0.3 is 0 Å². The topological polar surface area (TPSA) is 139 Å². The second kappa shape index (κ2) is 13.1. The molecule has 4 N–H and O–H groups in total. The predicted molar refractivity (Wildman–Crippen MR) is 157 cm³/mol. The summed E-state index contributed by atoms with van der Waals surface area (Å²) in [7, 11) is -4.11. The van der Waals surface area contributed by atoms with Gasteiger partial charge in [-0.2, -0.15) is 4.31 Å². The number of carbonyl (C=O) groups excluding carboxylic acids is 1. The van der Waals surface area contributed by atoms with Gasteiger partial charge in [-0.3, -0.25) is 9.79 Å². The first-order valence-corrected chi connectivity index (χ1v) is 15.1. The molecule has 10 nitrogen and oxygen atoms in total. The Morgan fingerprint density at radius 3 is 2.85 bits per heavy atom. The van der Waals surface area contributed by atoms with Crippen LogP contribution in [0.4, 0.5) is 0 Å². The highest BCUT2D eigenvalue weighted by molar-refractivity contribution is 7.89. The maximum atomic E-state index is 13.7. The Hall–Kier alpha value is -2.96. The number of aryl methyl sites for hydroxylation is 2. The number of benzene rings is 2. The molecule has 1 aliphatic rings. The third kappa shape index (κ3) is 6.50. The molecule has 0 radical (unpaired) electrons. The van der Waals surface area contributed by atoms with E-state index in [4.69, 9.17) is 33.8 Å². The fourth-order valence-electron chi connectivity index (χ4n) is 4.76. The van der Waals surface area contributed by atoms with Crippen LogP contribution in [0.3, 0.4) is 0 Å². The van der Waals surface area contributed by atoms with E-state index < -0.39 is 16.1 Å². The molecule has 0 saturated carbocycles. The Morgan fingerprint density at radius 1 is 1.27 bits per heavy atom. The standard InChI is InChI=1S/C27H32Cl2N6O4S/c1-17-14-18(2)34-26-19(17)6-3-8-23(26)39-15-20-21(28)9-10-24(25(20)29)40(37,38)35-13-4-7-22(35)27(36)32-12-5-11-31-16-33-30/h3,6,8-10,14,16,22H,4-5,7,11-13,15,30H2,1-2H3,(H,31,33)(H,32,36)/t22-/m0/s1. The summed E-state index contributed by atoms with van der Waals surface area (Å²) in [4.78, 5) is 21.4. The molecule has 1 amide bonds. The van der Waals surface area contributed by atoms with Crippen LogP contribution in [0.1, 0.15) is 36.1 Å². The van der Waals surface area contributed by atoms with E-state index in [2.05, 4.69) is 20.7 Å². The molecule has 0 bridgehead atoms. The van der Waals surface area contributed by atoms with Crippen molar-refractivity contribution >= 4 is 56.4 Å². The molecule has 1 aliphatic heterocycles. The molecular weight excluding hydrogens is 575 g/mol. The summed E-state index contributed by atoms with van der Waals surface area (Å²) >= 11 is 13.1. The summed E-state index contributed by atoms with van der Waals surface area (Å²) in [5.74, 6) is 5.30. The summed E-state index contributed by atoms with van der Waals surface area (Å²) in [5.41, 5.74) is 5.26. The largest absolute Gasteiger partial charge is 0.487 e. The third-order valence-corrected chi connectivity index (χ3v) is 9.53. The lowest BCUT2D eigenvalue weighted by Gasteiger charge is -2.24. The average Bonchev–Trinajstić information content (AvgIpc) is 3.42. The zero-order valence-electron chi connectivity index (χ0n) is 22.3. The lowest BCUT2D eigenvalue weighted by atomic mass is 10.1. The van der Waals surface area contributed by atoms with Crippen LogP contribution < -0.4 is 21.3 Å². The van der Waals surface area contributed by atoms with Gasteiger partial charge in [0.2, 0.25) is 15.9 Å². The van der Waals surface area contributed by atoms with Gasteiger partial charge in [0, 0.05) is 41.3 Å². The number of hydrogen-bond acceptors (Lipinski definition) is 7. The number of carbonyl (C=O) groups is 1. The summed E-state index contributed by atoms with van der Waals surface area (Å²) in [6.07, 6.45) is 2.91. The van der Waals surface area contributed by atoms with Gasteiger partial charge < -0.3 is 15.5 Å². The number of aromatic nitrogens is 1. The lowest BCUT2D eigenvalue weighted by molar-refractivity contribution is -0.124. The molecule has 214 valence electrons. The van der Waals surface area contributed by atoms with Crippen molar-refractivity contribution in [1.29, 1.82) is 0 Å². The van der Waals surface area contributed by atoms with Crippen molar-refractivity contribution in [2.24, 2.45) is 10.8 Å². The van der Waals surface area contributed by atoms with Gasteiger partial charge in [-0.25, -0.2) is 19.2 Å². The number of fused-ring (bicyclic) bond motifs is 1. The van der Waals surface area contributed by atoms with Crippen molar-refractivity contribution < 1.29 is 17.9 Å². The second-order valence-electron chi connectivity index (χ2n) is 9.48. The van der Waals surface area contributed by atoms with E-state index in [1.807, 2.05) is 32.0 Å². The monoisotopic (exact) mass is 606 g/mol. The number of halogens is 2. The van der Waals surface area contributed by atoms with Crippen LogP contribution in [0.25, 0.3) is 10.9 Å². The van der Waals surface area contributed by atoms with Crippen LogP contribution in [0.2, 0.25) is 10.0 Å². The van der Waals surface area contributed by atoms with E-state index in [1.54, 1.807) is 6.07 Å². The van der Waals surface area contributed by atoms with Crippen LogP contribution in [0.15, 0.2) is 46.3 Å². The molecule has 4 rings (SSSR count). The summed E-state index contributed by atoms with van der Waals surface area (Å²) < 4.78 is 34.8.